The lowest BCUT2D eigenvalue weighted by Crippen LogP contribution is -2.25. The lowest BCUT2D eigenvalue weighted by molar-refractivity contribution is -0.118. The summed E-state index contributed by atoms with van der Waals surface area (Å²) < 4.78 is 0. The molecule has 0 aliphatic carbocycles. The largest absolute Gasteiger partial charge is 0.314 e. The van der Waals surface area contributed by atoms with Crippen LogP contribution in [0.25, 0.3) is 10.9 Å². The molecule has 1 aliphatic heterocycles. The fraction of sp³-hybridized carbons (Fsp3) is 0.375. The second-order valence-electron chi connectivity index (χ2n) is 5.21. The smallest absolute Gasteiger partial charge is 0.140 e. The van der Waals surface area contributed by atoms with E-state index >= 15 is 0 Å². The van der Waals surface area contributed by atoms with Gasteiger partial charge >= 0.3 is 0 Å². The molecule has 1 aromatic carbocycles. The minimum Gasteiger partial charge on any atom is -0.314 e. The molecule has 1 aromatic heterocycles. The molecule has 3 nitrogen and oxygen atoms in total. The number of aromatic nitrogens is 1. The van der Waals surface area contributed by atoms with Crippen LogP contribution in [0, 0.1) is 0 Å². The van der Waals surface area contributed by atoms with Gasteiger partial charge in [-0.25, -0.2) is 0 Å². The van der Waals surface area contributed by atoms with E-state index < -0.39 is 0 Å². The summed E-state index contributed by atoms with van der Waals surface area (Å²) in [6, 6.07) is 12.4. The first-order chi connectivity index (χ1) is 9.31. The molecule has 98 valence electrons. The van der Waals surface area contributed by atoms with Gasteiger partial charge in [-0.3, -0.25) is 9.78 Å². The van der Waals surface area contributed by atoms with Gasteiger partial charge in [0.15, 0.2) is 0 Å². The lowest BCUT2D eigenvalue weighted by Gasteiger charge is -2.08. The maximum Gasteiger partial charge on any atom is 0.140 e. The van der Waals surface area contributed by atoms with Crippen molar-refractivity contribution in [3.8, 4) is 0 Å². The Balaban J connectivity index is 1.68. The molecule has 0 bridgehead atoms. The maximum atomic E-state index is 12.0. The normalized spacial score (nSPS) is 18.8. The van der Waals surface area contributed by atoms with Gasteiger partial charge in [0.1, 0.15) is 5.78 Å². The summed E-state index contributed by atoms with van der Waals surface area (Å²) in [7, 11) is 0. The summed E-state index contributed by atoms with van der Waals surface area (Å²) in [5.74, 6) is 0.280. The minimum atomic E-state index is 0.280. The zero-order valence-electron chi connectivity index (χ0n) is 10.9. The summed E-state index contributed by atoms with van der Waals surface area (Å²) in [5.41, 5.74) is 1.84. The fourth-order valence-corrected chi connectivity index (χ4v) is 2.69. The number of ketones is 1. The van der Waals surface area contributed by atoms with Crippen molar-refractivity contribution in [1.82, 2.24) is 10.3 Å². The quantitative estimate of drug-likeness (QED) is 0.911. The predicted molar refractivity (Wildman–Crippen MR) is 76.1 cm³/mol. The Morgan fingerprint density at radius 3 is 3.00 bits per heavy atom. The highest BCUT2D eigenvalue weighted by atomic mass is 16.1. The van der Waals surface area contributed by atoms with Crippen LogP contribution in [0.5, 0.6) is 0 Å². The van der Waals surface area contributed by atoms with Crippen molar-refractivity contribution in [2.24, 2.45) is 0 Å². The number of fused-ring (bicyclic) bond motifs is 1. The van der Waals surface area contributed by atoms with Gasteiger partial charge in [0, 0.05) is 30.0 Å². The summed E-state index contributed by atoms with van der Waals surface area (Å²) in [4.78, 5) is 16.6. The highest BCUT2D eigenvalue weighted by Gasteiger charge is 2.17. The van der Waals surface area contributed by atoms with Gasteiger partial charge in [0.2, 0.25) is 0 Å². The van der Waals surface area contributed by atoms with Crippen molar-refractivity contribution in [2.75, 3.05) is 6.54 Å². The molecule has 0 amide bonds. The molecule has 19 heavy (non-hydrogen) atoms. The van der Waals surface area contributed by atoms with E-state index in [-0.39, 0.29) is 5.78 Å². The molecule has 1 saturated heterocycles. The number of nitrogens with zero attached hydrogens (tertiary/aromatic N) is 1. The molecular formula is C16H18N2O. The molecule has 3 rings (SSSR count). The average molecular weight is 254 g/mol. The van der Waals surface area contributed by atoms with Crippen molar-refractivity contribution < 1.29 is 4.79 Å². The van der Waals surface area contributed by atoms with E-state index in [0.717, 1.165) is 29.6 Å². The van der Waals surface area contributed by atoms with E-state index in [2.05, 4.69) is 10.3 Å². The molecule has 0 radical (unpaired) electrons. The van der Waals surface area contributed by atoms with Crippen molar-refractivity contribution in [3.63, 3.8) is 0 Å². The maximum absolute atomic E-state index is 12.0. The third-order valence-corrected chi connectivity index (χ3v) is 3.67. The number of Topliss-reactive ketones (excluding diaryl/α,β-unsaturated/α-hetero) is 1. The van der Waals surface area contributed by atoms with Crippen LogP contribution in [-0.4, -0.2) is 23.4 Å². The topological polar surface area (TPSA) is 42.0 Å². The van der Waals surface area contributed by atoms with E-state index in [0.29, 0.717) is 18.9 Å². The number of hydrogen-bond acceptors (Lipinski definition) is 3. The Bertz CT molecular complexity index is 588. The number of carbonyl (C=O) groups excluding carboxylic acids is 1. The predicted octanol–water partition coefficient (Wildman–Crippen LogP) is 2.49. The Kier molecular flexibility index (Phi) is 3.56. The lowest BCUT2D eigenvalue weighted by atomic mass is 10.0. The van der Waals surface area contributed by atoms with E-state index in [4.69, 9.17) is 0 Å². The zero-order valence-corrected chi connectivity index (χ0v) is 10.9. The van der Waals surface area contributed by atoms with Gasteiger partial charge in [-0.2, -0.15) is 0 Å². The molecule has 3 heteroatoms. The standard InChI is InChI=1S/C16H18N2O/c19-15(10-13-5-3-9-17-13)11-14-8-7-12-4-1-2-6-16(12)18-14/h1-2,4,6-8,13,17H,3,5,9-11H2. The molecule has 2 aromatic rings. The average Bonchev–Trinajstić information content (AvgIpc) is 2.91. The molecule has 2 heterocycles. The number of benzene rings is 1. The van der Waals surface area contributed by atoms with Crippen molar-refractivity contribution >= 4 is 16.7 Å². The summed E-state index contributed by atoms with van der Waals surface area (Å²) in [5, 5.41) is 4.48. The third-order valence-electron chi connectivity index (χ3n) is 3.67. The highest BCUT2D eigenvalue weighted by Crippen LogP contribution is 2.14. The number of carbonyl (C=O) groups is 1. The van der Waals surface area contributed by atoms with Crippen LogP contribution in [0.1, 0.15) is 25.0 Å². The van der Waals surface area contributed by atoms with Crippen LogP contribution in [0.15, 0.2) is 36.4 Å². The van der Waals surface area contributed by atoms with Gasteiger partial charge in [0.25, 0.3) is 0 Å². The number of hydrogen-bond donors (Lipinski definition) is 1. The highest BCUT2D eigenvalue weighted by molar-refractivity contribution is 5.83. The van der Waals surface area contributed by atoms with Crippen molar-refractivity contribution in [3.05, 3.63) is 42.1 Å². The summed E-state index contributed by atoms with van der Waals surface area (Å²) in [6.45, 7) is 1.05. The molecular weight excluding hydrogens is 236 g/mol. The Hall–Kier alpha value is -1.74. The Morgan fingerprint density at radius 2 is 2.16 bits per heavy atom. The zero-order chi connectivity index (χ0) is 13.1. The number of rotatable bonds is 4. The van der Waals surface area contributed by atoms with Crippen LogP contribution < -0.4 is 5.32 Å². The molecule has 0 spiro atoms. The van der Waals surface area contributed by atoms with Crippen LogP contribution in [0.3, 0.4) is 0 Å². The monoisotopic (exact) mass is 254 g/mol. The van der Waals surface area contributed by atoms with Gasteiger partial charge < -0.3 is 5.32 Å². The molecule has 0 saturated carbocycles. The molecule has 1 N–H and O–H groups in total. The summed E-state index contributed by atoms with van der Waals surface area (Å²) in [6.07, 6.45) is 3.39. The molecule has 1 atom stereocenters. The Labute approximate surface area is 113 Å². The fourth-order valence-electron chi connectivity index (χ4n) is 2.69. The van der Waals surface area contributed by atoms with Crippen LogP contribution in [0.4, 0.5) is 0 Å². The number of nitrogens with one attached hydrogen (secondary N) is 1. The minimum absolute atomic E-state index is 0.280. The van der Waals surface area contributed by atoms with Crippen molar-refractivity contribution in [1.29, 1.82) is 0 Å². The third kappa shape index (κ3) is 2.99. The first-order valence-corrected chi connectivity index (χ1v) is 6.91. The Morgan fingerprint density at radius 1 is 1.26 bits per heavy atom. The second-order valence-corrected chi connectivity index (χ2v) is 5.21. The van der Waals surface area contributed by atoms with Gasteiger partial charge in [-0.15, -0.1) is 0 Å². The van der Waals surface area contributed by atoms with Gasteiger partial charge in [-0.1, -0.05) is 24.3 Å². The van der Waals surface area contributed by atoms with Gasteiger partial charge in [0.05, 0.1) is 5.52 Å². The van der Waals surface area contributed by atoms with Crippen LogP contribution in [0.2, 0.25) is 0 Å². The molecule has 1 unspecified atom stereocenters. The summed E-state index contributed by atoms with van der Waals surface area (Å²) >= 11 is 0. The van der Waals surface area contributed by atoms with Gasteiger partial charge in [-0.05, 0) is 31.5 Å². The first-order valence-electron chi connectivity index (χ1n) is 6.91. The second kappa shape index (κ2) is 5.49. The number of pyridine rings is 1. The molecule has 1 fully saturated rings. The first kappa shape index (κ1) is 12.3. The van der Waals surface area contributed by atoms with Crippen LogP contribution >= 0.6 is 0 Å². The van der Waals surface area contributed by atoms with E-state index in [1.165, 1.54) is 6.42 Å². The molecule has 1 aliphatic rings. The van der Waals surface area contributed by atoms with E-state index in [1.807, 2.05) is 36.4 Å². The van der Waals surface area contributed by atoms with E-state index in [9.17, 15) is 4.79 Å². The van der Waals surface area contributed by atoms with Crippen LogP contribution in [-0.2, 0) is 11.2 Å². The number of para-hydroxylation sites is 1. The van der Waals surface area contributed by atoms with E-state index in [1.54, 1.807) is 0 Å². The van der Waals surface area contributed by atoms with Crippen molar-refractivity contribution in [2.45, 2.75) is 31.7 Å². The SMILES string of the molecule is O=C(Cc1ccc2ccccc2n1)CC1CCCN1.